The molecule has 7 heteroatoms. The molecule has 0 aliphatic heterocycles. The fraction of sp³-hybridized carbons (Fsp3) is 1.00. The van der Waals surface area contributed by atoms with Crippen LogP contribution in [0.3, 0.4) is 0 Å². The quantitative estimate of drug-likeness (QED) is 0.643. The van der Waals surface area contributed by atoms with E-state index >= 15 is 0 Å². The van der Waals surface area contributed by atoms with Crippen molar-refractivity contribution in [1.82, 2.24) is 0 Å². The largest absolute Gasteiger partial charge is 0.296 e. The summed E-state index contributed by atoms with van der Waals surface area (Å²) in [4.78, 5) is 0. The molecule has 0 unspecified atom stereocenters. The SMILES string of the molecule is FC(F)C(Cl)(Cl)C(F)(Cl)Cl. The standard InChI is InChI=1S/C3HCl4F3/c4-2(5,1(8)9)3(6,7)10/h1H. The topological polar surface area (TPSA) is 0 Å². The molecule has 0 atom stereocenters. The van der Waals surface area contributed by atoms with Gasteiger partial charge in [-0.15, -0.1) is 0 Å². The molecule has 0 saturated carbocycles. The molecule has 0 heterocycles. The third-order valence-electron chi connectivity index (χ3n) is 0.652. The molecule has 0 N–H and O–H groups in total. The van der Waals surface area contributed by atoms with Crippen LogP contribution in [0, 0.1) is 0 Å². The van der Waals surface area contributed by atoms with E-state index in [9.17, 15) is 13.2 Å². The van der Waals surface area contributed by atoms with Gasteiger partial charge in [-0.05, 0) is 0 Å². The molecular formula is C3HCl4F3. The van der Waals surface area contributed by atoms with E-state index in [4.69, 9.17) is 23.2 Å². The van der Waals surface area contributed by atoms with Crippen molar-refractivity contribution in [2.75, 3.05) is 0 Å². The van der Waals surface area contributed by atoms with Gasteiger partial charge in [0.1, 0.15) is 0 Å². The lowest BCUT2D eigenvalue weighted by Crippen LogP contribution is -2.39. The lowest BCUT2D eigenvalue weighted by Gasteiger charge is -2.24. The van der Waals surface area contributed by atoms with Crippen LogP contribution in [0.4, 0.5) is 13.2 Å². The molecule has 0 spiro atoms. The normalized spacial score (nSPS) is 14.4. The molecule has 62 valence electrons. The van der Waals surface area contributed by atoms with Crippen molar-refractivity contribution in [2.24, 2.45) is 0 Å². The van der Waals surface area contributed by atoms with Gasteiger partial charge in [0.25, 0.3) is 11.0 Å². The summed E-state index contributed by atoms with van der Waals surface area (Å²) in [5.41, 5.74) is 0. The van der Waals surface area contributed by atoms with E-state index < -0.39 is 15.3 Å². The summed E-state index contributed by atoms with van der Waals surface area (Å²) in [6.45, 7) is 0. The summed E-state index contributed by atoms with van der Waals surface area (Å²) in [5.74, 6) is 0. The van der Waals surface area contributed by atoms with Crippen LogP contribution in [0.2, 0.25) is 0 Å². The van der Waals surface area contributed by atoms with Gasteiger partial charge in [0.15, 0.2) is 0 Å². The minimum atomic E-state index is -3.36. The van der Waals surface area contributed by atoms with Gasteiger partial charge in [0, 0.05) is 0 Å². The summed E-state index contributed by atoms with van der Waals surface area (Å²) < 4.78 is 29.0. The number of rotatable bonds is 2. The second-order valence-corrected chi connectivity index (χ2v) is 4.04. The summed E-state index contributed by atoms with van der Waals surface area (Å²) in [7, 11) is 0. The highest BCUT2D eigenvalue weighted by atomic mass is 35.5. The molecule has 0 bridgehead atoms. The first-order valence-electron chi connectivity index (χ1n) is 1.92. The zero-order valence-electron chi connectivity index (χ0n) is 4.22. The van der Waals surface area contributed by atoms with E-state index in [1.54, 1.807) is 0 Å². The minimum Gasteiger partial charge on any atom is -0.207 e. The highest BCUT2D eigenvalue weighted by molar-refractivity contribution is 6.61. The molecule has 0 radical (unpaired) electrons. The molecule has 0 aromatic carbocycles. The summed E-state index contributed by atoms with van der Waals surface area (Å²) in [5, 5.41) is 0. The van der Waals surface area contributed by atoms with Crippen molar-refractivity contribution in [3.63, 3.8) is 0 Å². The number of hydrogen-bond acceptors (Lipinski definition) is 0. The monoisotopic (exact) mass is 234 g/mol. The van der Waals surface area contributed by atoms with Gasteiger partial charge in [-0.25, -0.2) is 13.2 Å². The first-order valence-corrected chi connectivity index (χ1v) is 3.43. The third kappa shape index (κ3) is 2.22. The highest BCUT2D eigenvalue weighted by Crippen LogP contribution is 2.47. The molecule has 0 saturated heterocycles. The predicted octanol–water partition coefficient (Wildman–Crippen LogP) is 3.53. The number of alkyl halides is 7. The van der Waals surface area contributed by atoms with Crippen LogP contribution < -0.4 is 0 Å². The lowest BCUT2D eigenvalue weighted by molar-refractivity contribution is 0.0974. The fourth-order valence-corrected chi connectivity index (χ4v) is 0.289. The van der Waals surface area contributed by atoms with E-state index in [0.717, 1.165) is 0 Å². The van der Waals surface area contributed by atoms with Crippen LogP contribution in [0.5, 0.6) is 0 Å². The van der Waals surface area contributed by atoms with Gasteiger partial charge in [-0.2, -0.15) is 0 Å². The van der Waals surface area contributed by atoms with E-state index in [-0.39, 0.29) is 0 Å². The van der Waals surface area contributed by atoms with Crippen LogP contribution >= 0.6 is 46.4 Å². The van der Waals surface area contributed by atoms with Crippen LogP contribution in [-0.4, -0.2) is 15.3 Å². The van der Waals surface area contributed by atoms with E-state index in [1.807, 2.05) is 0 Å². The lowest BCUT2D eigenvalue weighted by atomic mass is 10.4. The Kier molecular flexibility index (Phi) is 3.43. The van der Waals surface area contributed by atoms with Gasteiger partial charge in [0.2, 0.25) is 4.33 Å². The fourth-order valence-electron chi connectivity index (χ4n) is 0.124. The summed E-state index contributed by atoms with van der Waals surface area (Å²) >= 11 is 18.6. The average Bonchev–Trinajstić information content (AvgIpc) is 1.62. The third-order valence-corrected chi connectivity index (χ3v) is 2.49. The Balaban J connectivity index is 4.40. The maximum atomic E-state index is 12.2. The van der Waals surface area contributed by atoms with Gasteiger partial charge < -0.3 is 0 Å². The van der Waals surface area contributed by atoms with Crippen molar-refractivity contribution in [2.45, 2.75) is 15.3 Å². The van der Waals surface area contributed by atoms with Gasteiger partial charge in [-0.3, -0.25) is 0 Å². The minimum absolute atomic E-state index is 3.09. The maximum absolute atomic E-state index is 12.2. The molecule has 0 aromatic heterocycles. The molecular weight excluding hydrogens is 235 g/mol. The number of halogens is 7. The Bertz CT molecular complexity index is 117. The van der Waals surface area contributed by atoms with E-state index in [1.165, 1.54) is 0 Å². The van der Waals surface area contributed by atoms with E-state index in [2.05, 4.69) is 23.2 Å². The Morgan fingerprint density at radius 2 is 1.30 bits per heavy atom. The Labute approximate surface area is 75.2 Å². The van der Waals surface area contributed by atoms with Crippen molar-refractivity contribution in [3.05, 3.63) is 0 Å². The smallest absolute Gasteiger partial charge is 0.207 e. The van der Waals surface area contributed by atoms with Gasteiger partial charge in [-0.1, -0.05) is 46.4 Å². The summed E-state index contributed by atoms with van der Waals surface area (Å²) in [6, 6.07) is 0. The van der Waals surface area contributed by atoms with Gasteiger partial charge in [0.05, 0.1) is 0 Å². The Morgan fingerprint density at radius 1 is 1.00 bits per heavy atom. The zero-order valence-corrected chi connectivity index (χ0v) is 7.25. The molecule has 0 aliphatic carbocycles. The molecule has 0 fully saturated rings. The van der Waals surface area contributed by atoms with E-state index in [0.29, 0.717) is 0 Å². The molecule has 10 heavy (non-hydrogen) atoms. The Hall–Kier alpha value is 0.950. The zero-order chi connectivity index (χ0) is 8.58. The molecule has 0 rings (SSSR count). The number of hydrogen-bond donors (Lipinski definition) is 0. The summed E-state index contributed by atoms with van der Waals surface area (Å²) in [6.07, 6.45) is -3.35. The second kappa shape index (κ2) is 3.13. The molecule has 0 amide bonds. The highest BCUT2D eigenvalue weighted by Gasteiger charge is 2.55. The molecule has 0 aromatic rings. The van der Waals surface area contributed by atoms with Crippen LogP contribution in [-0.2, 0) is 0 Å². The predicted molar refractivity (Wildman–Crippen MR) is 36.0 cm³/mol. The van der Waals surface area contributed by atoms with Gasteiger partial charge >= 0.3 is 0 Å². The Morgan fingerprint density at radius 3 is 1.30 bits per heavy atom. The van der Waals surface area contributed by atoms with Crippen molar-refractivity contribution >= 4 is 46.4 Å². The van der Waals surface area contributed by atoms with Crippen molar-refractivity contribution in [3.8, 4) is 0 Å². The second-order valence-electron chi connectivity index (χ2n) is 1.42. The molecule has 0 aliphatic rings. The molecule has 0 nitrogen and oxygen atoms in total. The van der Waals surface area contributed by atoms with Crippen LogP contribution in [0.15, 0.2) is 0 Å². The first kappa shape index (κ1) is 11.0. The van der Waals surface area contributed by atoms with Crippen molar-refractivity contribution in [1.29, 1.82) is 0 Å². The first-order chi connectivity index (χ1) is 4.19. The average molecular weight is 236 g/mol. The van der Waals surface area contributed by atoms with Crippen molar-refractivity contribution < 1.29 is 13.2 Å². The van der Waals surface area contributed by atoms with Crippen LogP contribution in [0.1, 0.15) is 0 Å². The maximum Gasteiger partial charge on any atom is 0.296 e. The van der Waals surface area contributed by atoms with Crippen LogP contribution in [0.25, 0.3) is 0 Å².